The van der Waals surface area contributed by atoms with Gasteiger partial charge in [-0.2, -0.15) is 0 Å². The second-order valence-corrected chi connectivity index (χ2v) is 4.96. The Balaban J connectivity index is 0.000000258. The van der Waals surface area contributed by atoms with E-state index in [0.717, 1.165) is 15.6 Å². The summed E-state index contributed by atoms with van der Waals surface area (Å²) in [4.78, 5) is 18.2. The molecular formula is C9H14N5O4S-. The first-order valence-corrected chi connectivity index (χ1v) is 6.22. The highest BCUT2D eigenvalue weighted by Crippen LogP contribution is 2.16. The number of aromatic nitrogens is 2. The zero-order valence-electron chi connectivity index (χ0n) is 10.4. The first-order chi connectivity index (χ1) is 8.90. The van der Waals surface area contributed by atoms with Gasteiger partial charge in [-0.05, 0) is 14.1 Å². The first kappa shape index (κ1) is 15.4. The van der Waals surface area contributed by atoms with Crippen LogP contribution in [0.25, 0.3) is 0 Å². The van der Waals surface area contributed by atoms with Gasteiger partial charge >= 0.3 is 6.09 Å². The molecule has 106 valence electrons. The second-order valence-electron chi connectivity index (χ2n) is 3.80. The van der Waals surface area contributed by atoms with Crippen LogP contribution in [0, 0.1) is 0 Å². The van der Waals surface area contributed by atoms with Crippen LogP contribution >= 0.6 is 0 Å². The van der Waals surface area contributed by atoms with Crippen LogP contribution in [0.3, 0.4) is 0 Å². The molecule has 9 nitrogen and oxygen atoms in total. The Morgan fingerprint density at radius 2 is 2.21 bits per heavy atom. The van der Waals surface area contributed by atoms with Crippen LogP contribution in [-0.4, -0.2) is 53.3 Å². The average Bonchev–Trinajstić information content (AvgIpc) is 2.70. The standard InChI is InChI=1S/C7H8N4O2.C2H7NO2S/c12-7(13)10-11-2-5-1-8-4-9-6(5)3-11;1-3(2)6(4)5/h1,4,10H,2-3H2,(H,12,13);1-2H3,(H,4,5)/p-1. The molecule has 1 aromatic heterocycles. The number of hydrogen-bond donors (Lipinski definition) is 2. The topological polar surface area (TPSA) is 122 Å². The molecule has 1 aromatic rings. The molecule has 2 heterocycles. The van der Waals surface area contributed by atoms with Gasteiger partial charge in [-0.3, -0.25) is 9.63 Å². The molecule has 0 bridgehead atoms. The molecule has 0 aromatic carbocycles. The lowest BCUT2D eigenvalue weighted by Gasteiger charge is -2.12. The van der Waals surface area contributed by atoms with Gasteiger partial charge in [-0.15, -0.1) is 0 Å². The fourth-order valence-corrected chi connectivity index (χ4v) is 1.31. The lowest BCUT2D eigenvalue weighted by atomic mass is 10.3. The third-order valence-electron chi connectivity index (χ3n) is 2.14. The Hall–Kier alpha value is -1.62. The van der Waals surface area contributed by atoms with Crippen molar-refractivity contribution < 1.29 is 18.7 Å². The predicted molar refractivity (Wildman–Crippen MR) is 65.0 cm³/mol. The predicted octanol–water partition coefficient (Wildman–Crippen LogP) is -0.683. The van der Waals surface area contributed by atoms with E-state index >= 15 is 0 Å². The number of nitrogens with one attached hydrogen (secondary N) is 1. The van der Waals surface area contributed by atoms with Gasteiger partial charge in [-0.25, -0.2) is 24.1 Å². The number of nitrogens with zero attached hydrogens (tertiary/aromatic N) is 4. The molecule has 1 amide bonds. The maximum absolute atomic E-state index is 10.3. The van der Waals surface area contributed by atoms with Crippen LogP contribution in [0.2, 0.25) is 0 Å². The molecule has 0 aliphatic carbocycles. The second kappa shape index (κ2) is 7.09. The van der Waals surface area contributed by atoms with Gasteiger partial charge in [-0.1, -0.05) is 0 Å². The van der Waals surface area contributed by atoms with Crippen molar-refractivity contribution >= 4 is 17.4 Å². The van der Waals surface area contributed by atoms with E-state index in [9.17, 15) is 13.6 Å². The SMILES string of the molecule is CN(C)S(=O)[O-].O=C(O)NN1Cc2cncnc2C1. The summed E-state index contributed by atoms with van der Waals surface area (Å²) in [5.41, 5.74) is 4.12. The molecule has 1 aliphatic rings. The van der Waals surface area contributed by atoms with Crippen molar-refractivity contribution in [1.29, 1.82) is 0 Å². The van der Waals surface area contributed by atoms with Gasteiger partial charge < -0.3 is 9.66 Å². The summed E-state index contributed by atoms with van der Waals surface area (Å²) in [5.74, 6) is 0. The van der Waals surface area contributed by atoms with E-state index in [1.54, 1.807) is 11.2 Å². The van der Waals surface area contributed by atoms with E-state index in [2.05, 4.69) is 15.4 Å². The minimum atomic E-state index is -2.03. The van der Waals surface area contributed by atoms with Crippen LogP contribution in [0.5, 0.6) is 0 Å². The summed E-state index contributed by atoms with van der Waals surface area (Å²) in [7, 11) is 2.92. The molecule has 1 unspecified atom stereocenters. The Bertz CT molecular complexity index is 445. The van der Waals surface area contributed by atoms with Crippen LogP contribution < -0.4 is 5.43 Å². The van der Waals surface area contributed by atoms with Gasteiger partial charge in [0.15, 0.2) is 0 Å². The van der Waals surface area contributed by atoms with E-state index in [1.807, 2.05) is 0 Å². The van der Waals surface area contributed by atoms with Crippen molar-refractivity contribution in [3.63, 3.8) is 0 Å². The zero-order valence-corrected chi connectivity index (χ0v) is 11.3. The highest BCUT2D eigenvalue weighted by molar-refractivity contribution is 7.76. The third kappa shape index (κ3) is 5.26. The summed E-state index contributed by atoms with van der Waals surface area (Å²) in [6.07, 6.45) is 2.11. The van der Waals surface area contributed by atoms with Gasteiger partial charge in [0.25, 0.3) is 0 Å². The summed E-state index contributed by atoms with van der Waals surface area (Å²) >= 11 is -2.03. The van der Waals surface area contributed by atoms with Crippen LogP contribution in [0.4, 0.5) is 4.79 Å². The molecular weight excluding hydrogens is 274 g/mol. The lowest BCUT2D eigenvalue weighted by Crippen LogP contribution is -2.37. The molecule has 0 spiro atoms. The first-order valence-electron chi connectivity index (χ1n) is 5.19. The molecule has 10 heteroatoms. The summed E-state index contributed by atoms with van der Waals surface area (Å²) in [6, 6.07) is 0. The maximum atomic E-state index is 10.3. The molecule has 0 saturated carbocycles. The molecule has 2 N–H and O–H groups in total. The minimum Gasteiger partial charge on any atom is -0.760 e. The Kier molecular flexibility index (Phi) is 5.76. The highest BCUT2D eigenvalue weighted by atomic mass is 32.2. The Morgan fingerprint density at radius 1 is 1.58 bits per heavy atom. The number of amides is 1. The van der Waals surface area contributed by atoms with Crippen molar-refractivity contribution in [3.8, 4) is 0 Å². The molecule has 0 saturated heterocycles. The molecule has 0 fully saturated rings. The van der Waals surface area contributed by atoms with E-state index in [1.165, 1.54) is 20.4 Å². The van der Waals surface area contributed by atoms with Crippen molar-refractivity contribution in [2.75, 3.05) is 14.1 Å². The van der Waals surface area contributed by atoms with Gasteiger partial charge in [0.05, 0.1) is 12.2 Å². The van der Waals surface area contributed by atoms with Crippen molar-refractivity contribution in [2.24, 2.45) is 0 Å². The molecule has 1 atom stereocenters. The minimum absolute atomic E-state index is 0.504. The zero-order chi connectivity index (χ0) is 14.4. The average molecular weight is 288 g/mol. The largest absolute Gasteiger partial charge is 0.760 e. The summed E-state index contributed by atoms with van der Waals surface area (Å²) < 4.78 is 20.3. The number of rotatable bonds is 2. The van der Waals surface area contributed by atoms with Gasteiger partial charge in [0.2, 0.25) is 0 Å². The van der Waals surface area contributed by atoms with E-state index < -0.39 is 17.4 Å². The highest BCUT2D eigenvalue weighted by Gasteiger charge is 2.20. The number of hydrogen-bond acceptors (Lipinski definition) is 6. The van der Waals surface area contributed by atoms with E-state index in [4.69, 9.17) is 5.11 Å². The lowest BCUT2D eigenvalue weighted by molar-refractivity contribution is 0.138. The number of carboxylic acid groups (broad SMARTS) is 1. The fourth-order valence-electron chi connectivity index (χ4n) is 1.31. The summed E-state index contributed by atoms with van der Waals surface area (Å²) in [6.45, 7) is 1.03. The fraction of sp³-hybridized carbons (Fsp3) is 0.444. The smallest absolute Gasteiger partial charge is 0.419 e. The molecule has 2 rings (SSSR count). The normalized spacial score (nSPS) is 15.4. The van der Waals surface area contributed by atoms with Crippen molar-refractivity contribution in [1.82, 2.24) is 24.7 Å². The number of carbonyl (C=O) groups is 1. The van der Waals surface area contributed by atoms with Crippen molar-refractivity contribution in [2.45, 2.75) is 13.1 Å². The van der Waals surface area contributed by atoms with Crippen LogP contribution in [-0.2, 0) is 24.4 Å². The summed E-state index contributed by atoms with van der Waals surface area (Å²) in [5, 5.41) is 10.0. The van der Waals surface area contributed by atoms with Crippen molar-refractivity contribution in [3.05, 3.63) is 23.8 Å². The maximum Gasteiger partial charge on any atom is 0.419 e. The van der Waals surface area contributed by atoms with Crippen LogP contribution in [0.1, 0.15) is 11.3 Å². The number of fused-ring (bicyclic) bond motifs is 1. The van der Waals surface area contributed by atoms with Crippen LogP contribution in [0.15, 0.2) is 12.5 Å². The molecule has 0 radical (unpaired) electrons. The monoisotopic (exact) mass is 288 g/mol. The van der Waals surface area contributed by atoms with Gasteiger partial charge in [0.1, 0.15) is 6.33 Å². The number of hydrazine groups is 1. The third-order valence-corrected chi connectivity index (χ3v) is 2.73. The molecule has 1 aliphatic heterocycles. The quantitative estimate of drug-likeness (QED) is 0.691. The Labute approximate surface area is 112 Å². The molecule has 19 heavy (non-hydrogen) atoms. The Morgan fingerprint density at radius 3 is 2.68 bits per heavy atom. The van der Waals surface area contributed by atoms with E-state index in [0.29, 0.717) is 13.1 Å². The van der Waals surface area contributed by atoms with Gasteiger partial charge in [0, 0.05) is 29.6 Å². The van der Waals surface area contributed by atoms with E-state index in [-0.39, 0.29) is 0 Å².